The summed E-state index contributed by atoms with van der Waals surface area (Å²) in [6, 6.07) is 0. The van der Waals surface area contributed by atoms with Crippen LogP contribution in [-0.4, -0.2) is 49.5 Å². The van der Waals surface area contributed by atoms with E-state index in [9.17, 15) is 8.42 Å². The molecule has 45 valence electrons. The van der Waals surface area contributed by atoms with E-state index in [1.165, 1.54) is 0 Å². The first-order chi connectivity index (χ1) is 3.12. The quantitative estimate of drug-likeness (QED) is 0.515. The summed E-state index contributed by atoms with van der Waals surface area (Å²) in [4.78, 5) is 0. The molecule has 0 heterocycles. The Morgan fingerprint density at radius 3 is 1.38 bits per heavy atom. The maximum atomic E-state index is 10.4. The molecule has 4 heteroatoms. The standard InChI is InChI=1S/C4H10O2S.Na/c1-3-7(5,6)4-2;/h3-4H2,1-2H3;. The van der Waals surface area contributed by atoms with Crippen molar-refractivity contribution in [2.75, 3.05) is 11.5 Å². The van der Waals surface area contributed by atoms with Crippen LogP contribution in [0.1, 0.15) is 13.8 Å². The molecule has 0 aliphatic heterocycles. The Morgan fingerprint density at radius 2 is 1.38 bits per heavy atom. The van der Waals surface area contributed by atoms with Crippen LogP contribution in [0.3, 0.4) is 0 Å². The predicted molar refractivity (Wildman–Crippen MR) is 35.8 cm³/mol. The second kappa shape index (κ2) is 4.79. The Hall–Kier alpha value is 0.950. The molecule has 0 aliphatic carbocycles. The van der Waals surface area contributed by atoms with Gasteiger partial charge in [-0.2, -0.15) is 0 Å². The fraction of sp³-hybridized carbons (Fsp3) is 1.00. The first kappa shape index (κ1) is 11.7. The van der Waals surface area contributed by atoms with Crippen molar-refractivity contribution in [1.82, 2.24) is 0 Å². The largest absolute Gasteiger partial charge is 0.229 e. The minimum atomic E-state index is -2.66. The molecule has 0 amide bonds. The summed E-state index contributed by atoms with van der Waals surface area (Å²) in [5, 5.41) is 0. The zero-order valence-electron chi connectivity index (χ0n) is 5.64. The second-order valence-electron chi connectivity index (χ2n) is 1.32. The molecule has 0 spiro atoms. The molecule has 0 aliphatic rings. The van der Waals surface area contributed by atoms with Crippen molar-refractivity contribution in [2.24, 2.45) is 0 Å². The molecule has 0 bridgehead atoms. The molecule has 0 unspecified atom stereocenters. The molecule has 0 saturated carbocycles. The van der Waals surface area contributed by atoms with E-state index >= 15 is 0 Å². The number of hydrogen-bond acceptors (Lipinski definition) is 2. The Kier molecular flexibility index (Phi) is 7.02. The van der Waals surface area contributed by atoms with Gasteiger partial charge in [-0.1, -0.05) is 13.8 Å². The molecular formula is C4H10NaO2S. The van der Waals surface area contributed by atoms with Gasteiger partial charge in [0.25, 0.3) is 0 Å². The van der Waals surface area contributed by atoms with Crippen molar-refractivity contribution in [3.63, 3.8) is 0 Å². The van der Waals surface area contributed by atoms with E-state index in [2.05, 4.69) is 0 Å². The van der Waals surface area contributed by atoms with Crippen molar-refractivity contribution < 1.29 is 8.42 Å². The topological polar surface area (TPSA) is 34.1 Å². The summed E-state index contributed by atoms with van der Waals surface area (Å²) in [6.45, 7) is 3.30. The van der Waals surface area contributed by atoms with Crippen LogP contribution in [0.2, 0.25) is 0 Å². The average Bonchev–Trinajstić information content (AvgIpc) is 1.68. The summed E-state index contributed by atoms with van der Waals surface area (Å²) in [7, 11) is -2.66. The molecule has 8 heavy (non-hydrogen) atoms. The predicted octanol–water partition coefficient (Wildman–Crippen LogP) is 0.0602. The van der Waals surface area contributed by atoms with Gasteiger partial charge in [0.15, 0.2) is 0 Å². The summed E-state index contributed by atoms with van der Waals surface area (Å²) in [5.74, 6) is 0.535. The van der Waals surface area contributed by atoms with Gasteiger partial charge >= 0.3 is 0 Å². The van der Waals surface area contributed by atoms with Crippen LogP contribution in [0.5, 0.6) is 0 Å². The van der Waals surface area contributed by atoms with Gasteiger partial charge in [-0.05, 0) is 0 Å². The van der Waals surface area contributed by atoms with Gasteiger partial charge < -0.3 is 0 Å². The third kappa shape index (κ3) is 5.09. The minimum Gasteiger partial charge on any atom is -0.229 e. The van der Waals surface area contributed by atoms with E-state index in [1.54, 1.807) is 13.8 Å². The first-order valence-electron chi connectivity index (χ1n) is 2.32. The van der Waals surface area contributed by atoms with E-state index in [1.807, 2.05) is 0 Å². The van der Waals surface area contributed by atoms with Crippen molar-refractivity contribution in [1.29, 1.82) is 0 Å². The van der Waals surface area contributed by atoms with Gasteiger partial charge in [0.05, 0.1) is 0 Å². The number of sulfone groups is 1. The second-order valence-corrected chi connectivity index (χ2v) is 3.96. The number of hydrogen-bond donors (Lipinski definition) is 0. The van der Waals surface area contributed by atoms with Gasteiger partial charge in [0.1, 0.15) is 9.84 Å². The third-order valence-corrected chi connectivity index (χ3v) is 2.64. The molecule has 0 aromatic carbocycles. The van der Waals surface area contributed by atoms with Crippen LogP contribution in [0.15, 0.2) is 0 Å². The maximum absolute atomic E-state index is 10.4. The molecule has 0 rings (SSSR count). The van der Waals surface area contributed by atoms with E-state index in [0.29, 0.717) is 0 Å². The van der Waals surface area contributed by atoms with Crippen molar-refractivity contribution in [3.8, 4) is 0 Å². The molecule has 0 aromatic rings. The molecule has 0 N–H and O–H groups in total. The molecule has 0 saturated heterocycles. The van der Waals surface area contributed by atoms with Gasteiger partial charge in [0.2, 0.25) is 0 Å². The van der Waals surface area contributed by atoms with E-state index in [0.717, 1.165) is 0 Å². The SMILES string of the molecule is CCS(=O)(=O)CC.[Na]. The van der Waals surface area contributed by atoms with Crippen LogP contribution >= 0.6 is 0 Å². The van der Waals surface area contributed by atoms with E-state index < -0.39 is 9.84 Å². The normalized spacial score (nSPS) is 10.2. The fourth-order valence-electron chi connectivity index (χ4n) is 0.204. The summed E-state index contributed by atoms with van der Waals surface area (Å²) >= 11 is 0. The molecule has 0 aromatic heterocycles. The summed E-state index contributed by atoms with van der Waals surface area (Å²) < 4.78 is 20.7. The molecule has 1 radical (unpaired) electrons. The van der Waals surface area contributed by atoms with Crippen molar-refractivity contribution >= 4 is 39.4 Å². The van der Waals surface area contributed by atoms with Crippen molar-refractivity contribution in [2.45, 2.75) is 13.8 Å². The molecule has 2 nitrogen and oxygen atoms in total. The smallest absolute Gasteiger partial charge is 0.149 e. The van der Waals surface area contributed by atoms with Crippen LogP contribution in [-0.2, 0) is 9.84 Å². The number of rotatable bonds is 2. The summed E-state index contributed by atoms with van der Waals surface area (Å²) in [6.07, 6.45) is 0. The van der Waals surface area contributed by atoms with Gasteiger partial charge in [0, 0.05) is 41.1 Å². The Bertz CT molecular complexity index is 117. The Labute approximate surface area is 72.9 Å². The zero-order valence-corrected chi connectivity index (χ0v) is 8.46. The monoisotopic (exact) mass is 145 g/mol. The van der Waals surface area contributed by atoms with Gasteiger partial charge in [-0.25, -0.2) is 8.42 Å². The molecular weight excluding hydrogens is 135 g/mol. The maximum Gasteiger partial charge on any atom is 0.149 e. The van der Waals surface area contributed by atoms with Crippen LogP contribution in [0.4, 0.5) is 0 Å². The molecule has 0 fully saturated rings. The summed E-state index contributed by atoms with van der Waals surface area (Å²) in [5.41, 5.74) is 0. The Balaban J connectivity index is 0. The van der Waals surface area contributed by atoms with Crippen molar-refractivity contribution in [3.05, 3.63) is 0 Å². The minimum absolute atomic E-state index is 0. The fourth-order valence-corrected chi connectivity index (χ4v) is 0.612. The first-order valence-corrected chi connectivity index (χ1v) is 4.15. The Morgan fingerprint density at radius 1 is 1.12 bits per heavy atom. The molecule has 0 atom stereocenters. The zero-order chi connectivity index (χ0) is 5.91. The van der Waals surface area contributed by atoms with Crippen LogP contribution in [0.25, 0.3) is 0 Å². The third-order valence-electron chi connectivity index (χ3n) is 0.880. The van der Waals surface area contributed by atoms with Gasteiger partial charge in [-0.3, -0.25) is 0 Å². The van der Waals surface area contributed by atoms with Crippen LogP contribution in [0, 0.1) is 0 Å². The van der Waals surface area contributed by atoms with E-state index in [-0.39, 0.29) is 41.1 Å². The van der Waals surface area contributed by atoms with E-state index in [4.69, 9.17) is 0 Å². The van der Waals surface area contributed by atoms with Gasteiger partial charge in [-0.15, -0.1) is 0 Å². The average molecular weight is 145 g/mol. The van der Waals surface area contributed by atoms with Crippen LogP contribution < -0.4 is 0 Å².